The van der Waals surface area contributed by atoms with Crippen molar-refractivity contribution in [3.8, 4) is 0 Å². The van der Waals surface area contributed by atoms with Crippen LogP contribution < -0.4 is 5.73 Å². The zero-order chi connectivity index (χ0) is 12.5. The molecular weight excluding hydrogens is 224 g/mol. The fourth-order valence-corrected chi connectivity index (χ4v) is 1.75. The molecule has 0 aliphatic carbocycles. The molecule has 1 fully saturated rings. The van der Waals surface area contributed by atoms with Gasteiger partial charge in [-0.15, -0.1) is 0 Å². The van der Waals surface area contributed by atoms with Gasteiger partial charge < -0.3 is 15.7 Å². The Labute approximate surface area is 97.3 Å². The number of likely N-dealkylation sites (tertiary alicyclic amines) is 1. The second kappa shape index (κ2) is 4.10. The van der Waals surface area contributed by atoms with Gasteiger partial charge in [0.1, 0.15) is 11.2 Å². The van der Waals surface area contributed by atoms with Gasteiger partial charge in [0.15, 0.2) is 0 Å². The normalized spacial score (nSPS) is 23.7. The minimum absolute atomic E-state index is 0.00224. The smallest absolute Gasteiger partial charge is 0.325 e. The summed E-state index contributed by atoms with van der Waals surface area (Å²) in [6.45, 7) is 0.315. The fraction of sp³-hybridized carbons (Fsp3) is 0.400. The number of nitrogens with zero attached hydrogens (tertiary/aromatic N) is 3. The summed E-state index contributed by atoms with van der Waals surface area (Å²) in [5.74, 6) is -1.43. The molecule has 3 N–H and O–H groups in total. The van der Waals surface area contributed by atoms with Gasteiger partial charge in [-0.2, -0.15) is 0 Å². The van der Waals surface area contributed by atoms with Crippen LogP contribution in [0.3, 0.4) is 0 Å². The Kier molecular flexibility index (Phi) is 2.76. The zero-order valence-electron chi connectivity index (χ0n) is 9.04. The van der Waals surface area contributed by atoms with Crippen LogP contribution in [0.2, 0.25) is 0 Å². The van der Waals surface area contributed by atoms with Crippen LogP contribution in [0, 0.1) is 0 Å². The van der Waals surface area contributed by atoms with Crippen molar-refractivity contribution in [3.05, 3.63) is 24.3 Å². The predicted molar refractivity (Wildman–Crippen MR) is 57.1 cm³/mol. The summed E-state index contributed by atoms with van der Waals surface area (Å²) >= 11 is 0. The van der Waals surface area contributed by atoms with Crippen molar-refractivity contribution in [2.75, 3.05) is 13.1 Å². The number of carbonyl (C=O) groups is 2. The minimum atomic E-state index is -1.35. The van der Waals surface area contributed by atoms with Gasteiger partial charge in [0.05, 0.1) is 6.20 Å². The van der Waals surface area contributed by atoms with Crippen molar-refractivity contribution in [3.63, 3.8) is 0 Å². The monoisotopic (exact) mass is 236 g/mol. The highest BCUT2D eigenvalue weighted by atomic mass is 16.4. The third kappa shape index (κ3) is 2.09. The van der Waals surface area contributed by atoms with Crippen molar-refractivity contribution >= 4 is 11.9 Å². The SMILES string of the molecule is NC1(C(=O)O)CCN(C(=O)c2cnccn2)C1. The largest absolute Gasteiger partial charge is 0.480 e. The highest BCUT2D eigenvalue weighted by Gasteiger charge is 2.43. The first kappa shape index (κ1) is 11.5. The first-order valence-electron chi connectivity index (χ1n) is 5.10. The van der Waals surface area contributed by atoms with Gasteiger partial charge in [0.2, 0.25) is 0 Å². The number of amides is 1. The lowest BCUT2D eigenvalue weighted by molar-refractivity contribution is -0.142. The van der Waals surface area contributed by atoms with E-state index in [1.54, 1.807) is 0 Å². The Morgan fingerprint density at radius 1 is 1.47 bits per heavy atom. The maximum Gasteiger partial charge on any atom is 0.325 e. The van der Waals surface area contributed by atoms with Crippen molar-refractivity contribution < 1.29 is 14.7 Å². The Balaban J connectivity index is 2.12. The molecule has 1 aromatic rings. The number of aromatic nitrogens is 2. The van der Waals surface area contributed by atoms with E-state index in [1.807, 2.05) is 0 Å². The Hall–Kier alpha value is -2.02. The molecule has 1 aromatic heterocycles. The molecule has 2 heterocycles. The topological polar surface area (TPSA) is 109 Å². The summed E-state index contributed by atoms with van der Waals surface area (Å²) in [5.41, 5.74) is 4.53. The summed E-state index contributed by atoms with van der Waals surface area (Å²) in [6, 6.07) is 0. The molecule has 1 unspecified atom stereocenters. The van der Waals surface area contributed by atoms with Crippen LogP contribution in [0.25, 0.3) is 0 Å². The molecule has 7 nitrogen and oxygen atoms in total. The van der Waals surface area contributed by atoms with E-state index in [9.17, 15) is 9.59 Å². The van der Waals surface area contributed by atoms with Crippen molar-refractivity contribution in [2.45, 2.75) is 12.0 Å². The molecule has 0 bridgehead atoms. The van der Waals surface area contributed by atoms with E-state index in [2.05, 4.69) is 9.97 Å². The van der Waals surface area contributed by atoms with E-state index >= 15 is 0 Å². The zero-order valence-corrected chi connectivity index (χ0v) is 9.04. The summed E-state index contributed by atoms with van der Waals surface area (Å²) in [4.78, 5) is 31.9. The van der Waals surface area contributed by atoms with Crippen LogP contribution in [-0.4, -0.2) is 50.5 Å². The summed E-state index contributed by atoms with van der Waals surface area (Å²) in [5, 5.41) is 8.95. The first-order valence-corrected chi connectivity index (χ1v) is 5.10. The molecule has 0 saturated carbocycles. The Morgan fingerprint density at radius 3 is 2.76 bits per heavy atom. The molecule has 90 valence electrons. The summed E-state index contributed by atoms with van der Waals surface area (Å²) in [7, 11) is 0. The lowest BCUT2D eigenvalue weighted by Crippen LogP contribution is -2.50. The molecule has 1 aliphatic heterocycles. The second-order valence-corrected chi connectivity index (χ2v) is 4.03. The number of aliphatic carboxylic acids is 1. The standard InChI is InChI=1S/C10H12N4O3/c11-10(9(16)17)1-4-14(6-10)8(15)7-5-12-2-3-13-7/h2-3,5H,1,4,6,11H2,(H,16,17). The third-order valence-electron chi connectivity index (χ3n) is 2.80. The average molecular weight is 236 g/mol. The highest BCUT2D eigenvalue weighted by Crippen LogP contribution is 2.20. The van der Waals surface area contributed by atoms with Crippen LogP contribution >= 0.6 is 0 Å². The van der Waals surface area contributed by atoms with Crippen LogP contribution in [0.5, 0.6) is 0 Å². The maximum atomic E-state index is 11.9. The van der Waals surface area contributed by atoms with Crippen LogP contribution in [-0.2, 0) is 4.79 Å². The number of carboxylic acids is 1. The van der Waals surface area contributed by atoms with E-state index in [4.69, 9.17) is 10.8 Å². The fourth-order valence-electron chi connectivity index (χ4n) is 1.75. The summed E-state index contributed by atoms with van der Waals surface area (Å²) in [6.07, 6.45) is 4.47. The molecule has 17 heavy (non-hydrogen) atoms. The quantitative estimate of drug-likeness (QED) is 0.689. The molecule has 1 atom stereocenters. The van der Waals surface area contributed by atoms with E-state index < -0.39 is 11.5 Å². The Morgan fingerprint density at radius 2 is 2.24 bits per heavy atom. The lowest BCUT2D eigenvalue weighted by atomic mass is 10.0. The van der Waals surface area contributed by atoms with E-state index in [0.29, 0.717) is 6.54 Å². The van der Waals surface area contributed by atoms with Gasteiger partial charge in [0, 0.05) is 25.5 Å². The average Bonchev–Trinajstić information content (AvgIpc) is 2.74. The number of carbonyl (C=O) groups excluding carboxylic acids is 1. The van der Waals surface area contributed by atoms with Crippen LogP contribution in [0.1, 0.15) is 16.9 Å². The number of hydrogen-bond donors (Lipinski definition) is 2. The second-order valence-electron chi connectivity index (χ2n) is 4.03. The van der Waals surface area contributed by atoms with Crippen molar-refractivity contribution in [1.82, 2.24) is 14.9 Å². The maximum absolute atomic E-state index is 11.9. The molecular formula is C10H12N4O3. The predicted octanol–water partition coefficient (Wildman–Crippen LogP) is -0.895. The number of carboxylic acid groups (broad SMARTS) is 1. The van der Waals surface area contributed by atoms with E-state index in [1.165, 1.54) is 23.5 Å². The van der Waals surface area contributed by atoms with E-state index in [-0.39, 0.29) is 24.6 Å². The first-order chi connectivity index (χ1) is 8.03. The third-order valence-corrected chi connectivity index (χ3v) is 2.80. The molecule has 0 radical (unpaired) electrons. The van der Waals surface area contributed by atoms with Gasteiger partial charge >= 0.3 is 5.97 Å². The van der Waals surface area contributed by atoms with Gasteiger partial charge in [-0.05, 0) is 6.42 Å². The minimum Gasteiger partial charge on any atom is -0.480 e. The van der Waals surface area contributed by atoms with Gasteiger partial charge in [-0.1, -0.05) is 0 Å². The molecule has 2 rings (SSSR count). The molecule has 7 heteroatoms. The number of nitrogens with two attached hydrogens (primary N) is 1. The molecule has 0 aromatic carbocycles. The molecule has 0 spiro atoms. The van der Waals surface area contributed by atoms with Gasteiger partial charge in [-0.25, -0.2) is 4.98 Å². The van der Waals surface area contributed by atoms with E-state index in [0.717, 1.165) is 0 Å². The van der Waals surface area contributed by atoms with Crippen molar-refractivity contribution in [2.24, 2.45) is 5.73 Å². The number of hydrogen-bond acceptors (Lipinski definition) is 5. The molecule has 1 saturated heterocycles. The molecule has 1 amide bonds. The number of rotatable bonds is 2. The summed E-state index contributed by atoms with van der Waals surface area (Å²) < 4.78 is 0. The lowest BCUT2D eigenvalue weighted by Gasteiger charge is -2.19. The highest BCUT2D eigenvalue weighted by molar-refractivity contribution is 5.93. The van der Waals surface area contributed by atoms with Crippen LogP contribution in [0.15, 0.2) is 18.6 Å². The Bertz CT molecular complexity index is 450. The van der Waals surface area contributed by atoms with Crippen molar-refractivity contribution in [1.29, 1.82) is 0 Å². The van der Waals surface area contributed by atoms with Gasteiger partial charge in [0.25, 0.3) is 5.91 Å². The molecule has 1 aliphatic rings. The van der Waals surface area contributed by atoms with Gasteiger partial charge in [-0.3, -0.25) is 14.6 Å². The van der Waals surface area contributed by atoms with Crippen LogP contribution in [0.4, 0.5) is 0 Å².